The van der Waals surface area contributed by atoms with E-state index in [0.29, 0.717) is 86.7 Å². The molecule has 0 aliphatic carbocycles. The van der Waals surface area contributed by atoms with Gasteiger partial charge in [0.2, 0.25) is 5.78 Å². The Morgan fingerprint density at radius 2 is 0.839 bits per heavy atom. The van der Waals surface area contributed by atoms with Crippen LogP contribution < -0.4 is 18.9 Å². The molecule has 124 heavy (non-hydrogen) atoms. The summed E-state index contributed by atoms with van der Waals surface area (Å²) in [5, 5.41) is 14.8. The molecule has 0 aliphatic rings. The number of halogens is 5. The quantitative estimate of drug-likeness (QED) is 0.0555. The molecule has 0 saturated carbocycles. The van der Waals surface area contributed by atoms with Gasteiger partial charge in [0.25, 0.3) is 5.91 Å². The van der Waals surface area contributed by atoms with Crippen LogP contribution in [-0.2, 0) is 33.9 Å². The number of benzene rings is 9. The predicted molar refractivity (Wildman–Crippen MR) is 556 cm³/mol. The average Bonchev–Trinajstić information content (AvgIpc) is 1.05. The second kappa shape index (κ2) is 72.8. The fraction of sp³-hybridized carbons (Fsp3) is 0.290. The zero-order chi connectivity index (χ0) is 90.5. The number of imidazole rings is 3. The molecule has 6 aromatic heterocycles. The van der Waals surface area contributed by atoms with Crippen molar-refractivity contribution < 1.29 is 42.3 Å². The maximum atomic E-state index is 13.4. The van der Waals surface area contributed by atoms with E-state index in [1.54, 1.807) is 50.4 Å². The molecule has 2 N–H and O–H groups in total. The SMILES string of the molecule is C.C.C.CC.CC.CC.CC.CC.CC.CC.CC.CC.CON(C)C(=O)c1ccc2nc(C)nc(-c3ccccc3)c2c1.Cc1nc(-c2ccccc2)c2cc(C(=O)c3cncn3Cc3ccccc3)ccc2n1.I[I-]I.O=c1nc(-c2ccccc2)c2cc(C(O)c3cncn3Cc3ccccc3)ccc2[nH]1.[I][V][I].c1ccc(Cn2ccnc2)cc1. The number of aromatic amines is 1. The number of carbonyl (C=O) groups excluding carboxylic acids is 2. The topological polar surface area (TPSA) is 218 Å². The number of aromatic nitrogens is 12. The van der Waals surface area contributed by atoms with Crippen LogP contribution in [0.3, 0.4) is 0 Å². The van der Waals surface area contributed by atoms with Crippen molar-refractivity contribution in [3.63, 3.8) is 0 Å². The van der Waals surface area contributed by atoms with E-state index >= 15 is 0 Å². The van der Waals surface area contributed by atoms with Crippen molar-refractivity contribution in [3.8, 4) is 33.8 Å². The van der Waals surface area contributed by atoms with Gasteiger partial charge in [-0.05, 0) is 84.6 Å². The normalized spacial score (nSPS) is 9.48. The van der Waals surface area contributed by atoms with Crippen LogP contribution in [0.4, 0.5) is 0 Å². The van der Waals surface area contributed by atoms with Gasteiger partial charge >= 0.3 is 106 Å². The van der Waals surface area contributed by atoms with Crippen molar-refractivity contribution in [2.24, 2.45) is 0 Å². The Labute approximate surface area is 800 Å². The van der Waals surface area contributed by atoms with E-state index in [2.05, 4.69) is 139 Å². The van der Waals surface area contributed by atoms with E-state index in [9.17, 15) is 19.5 Å². The molecule has 0 saturated heterocycles. The monoisotopic (exact) mass is 2280 g/mol. The number of hydrogen-bond donors (Lipinski definition) is 2. The first-order valence-corrected chi connectivity index (χ1v) is 62.5. The van der Waals surface area contributed by atoms with Gasteiger partial charge in [0, 0.05) is 83.1 Å². The number of H-pyrrole nitrogens is 1. The first-order valence-electron chi connectivity index (χ1n) is 40.9. The molecule has 1 unspecified atom stereocenters. The second-order valence-corrected chi connectivity index (χ2v) is 50.9. The fourth-order valence-corrected chi connectivity index (χ4v) is 11.2. The molecule has 24 heteroatoms. The van der Waals surface area contributed by atoms with Gasteiger partial charge < -0.3 is 23.8 Å². The summed E-state index contributed by atoms with van der Waals surface area (Å²) in [5.41, 5.74) is 13.6. The molecular formula is C100H133I5N13O5V-. The minimum atomic E-state index is -0.869. The van der Waals surface area contributed by atoms with Gasteiger partial charge in [0.05, 0.1) is 77.8 Å². The summed E-state index contributed by atoms with van der Waals surface area (Å²) in [5.74, 6) is 1.11. The first-order chi connectivity index (χ1) is 59.2. The zero-order valence-corrected chi connectivity index (χ0v) is 86.2. The fourth-order valence-electron chi connectivity index (χ4n) is 11.2. The minimum absolute atomic E-state index is 0. The summed E-state index contributed by atoms with van der Waals surface area (Å²) in [7, 11) is 3.67. The molecule has 6 heterocycles. The van der Waals surface area contributed by atoms with Gasteiger partial charge in [-0.25, -0.2) is 44.7 Å². The average molecular weight is 2280 g/mol. The Balaban J connectivity index is -0.00000148. The zero-order valence-electron chi connectivity index (χ0n) is 74.0. The van der Waals surface area contributed by atoms with Crippen molar-refractivity contribution in [2.75, 3.05) is 14.2 Å². The van der Waals surface area contributed by atoms with Gasteiger partial charge in [-0.2, -0.15) is 4.98 Å². The van der Waals surface area contributed by atoms with Gasteiger partial charge in [0.15, 0.2) is 0 Å². The molecule has 15 rings (SSSR count). The molecule has 1 amide bonds. The molecule has 18 nitrogen and oxygen atoms in total. The van der Waals surface area contributed by atoms with Crippen LogP contribution in [0.25, 0.3) is 66.5 Å². The predicted octanol–water partition coefficient (Wildman–Crippen LogP) is 25.9. The Morgan fingerprint density at radius 1 is 0.468 bits per heavy atom. The molecule has 9 aromatic carbocycles. The number of nitrogens with zero attached hydrogens (tertiary/aromatic N) is 12. The van der Waals surface area contributed by atoms with Gasteiger partial charge in [0.1, 0.15) is 23.4 Å². The Bertz CT molecular complexity index is 5270. The summed E-state index contributed by atoms with van der Waals surface area (Å²) >= 11 is 10.0. The smallest absolute Gasteiger partial charge is 0.0949 e. The third-order valence-electron chi connectivity index (χ3n) is 16.0. The molecule has 15 aromatic rings. The van der Waals surface area contributed by atoms with E-state index in [4.69, 9.17) is 4.84 Å². The number of amides is 1. The van der Waals surface area contributed by atoms with Crippen molar-refractivity contribution in [1.82, 2.24) is 63.6 Å². The molecule has 0 aliphatic heterocycles. The Kier molecular flexibility index (Phi) is 70.4. The largest absolute Gasteiger partial charge is 0.333 e. The minimum Gasteiger partial charge on any atom is -0.333 e. The van der Waals surface area contributed by atoms with Crippen molar-refractivity contribution >= 4 is 122 Å². The molecule has 0 spiro atoms. The molecule has 0 radical (unpaired) electrons. The van der Waals surface area contributed by atoms with E-state index < -0.39 is 11.8 Å². The number of rotatable bonds is 15. The summed E-state index contributed by atoms with van der Waals surface area (Å²) < 4.78 is 5.87. The standard InChI is InChI=1S/C26H20N4O.C25H20N4O2.C18H17N3O2.C10H10N2.9C2H6.3CH4.I3.2HI.V/c1-18-28-23-13-12-21(14-22(23)25(29-18)20-10-6-3-7-11-20)26(31)24-15-27-17-30(24)16-19-8-4-2-5-9-19;30-24(22-14-26-16-29(22)15-17-7-3-1-4-8-17)19-11-12-21-20(13-19)23(28-25(31)27-21)18-9-5-2-6-10-18;1-12-19-16-10-9-14(18(22)21(2)23-3)11-15(16)17(20-12)13-7-5-4-6-8-13;1-2-4-10(5-3-1)8-12-7-6-11-9-12;9*1-2;;;;1-3-2;;;/h2-15,17H,16H2,1H3;1-14,16,24,30H,15H2,(H,27,28,31);4-11H,1-3H3;1-7,9H,8H2;9*1-2H3;3*1H4;;2*1H;/q;;;;;;;;;;;;;;;;-1;;;+2/p-2. The number of aliphatic hydroxyl groups is 1. The van der Waals surface area contributed by atoms with Crippen LogP contribution in [0.1, 0.15) is 219 Å². The third kappa shape index (κ3) is 39.3. The van der Waals surface area contributed by atoms with E-state index in [1.165, 1.54) is 17.7 Å². The maximum absolute atomic E-state index is 13.4. The molecule has 1 atom stereocenters. The Morgan fingerprint density at radius 3 is 1.25 bits per heavy atom. The number of hydrogen-bond acceptors (Lipinski definition) is 13. The summed E-state index contributed by atoms with van der Waals surface area (Å²) in [4.78, 5) is 80.4. The molecular weight excluding hydrogens is 2150 g/mol. The van der Waals surface area contributed by atoms with Crippen LogP contribution in [0, 0.1) is 13.8 Å². The number of hydroxylamine groups is 2. The number of carbonyl (C=O) groups is 2. The van der Waals surface area contributed by atoms with E-state index in [1.807, 2.05) is 372 Å². The molecule has 0 fully saturated rings. The first kappa shape index (κ1) is 120. The summed E-state index contributed by atoms with van der Waals surface area (Å²) in [6.07, 6.45) is 11.4. The summed E-state index contributed by atoms with van der Waals surface area (Å²) in [6, 6.07) is 76.4. The Hall–Kier alpha value is -8.28. The number of fused-ring (bicyclic) bond motifs is 3. The molecule has 0 bridgehead atoms. The van der Waals surface area contributed by atoms with Crippen molar-refractivity contribution in [3.05, 3.63) is 347 Å². The second-order valence-electron chi connectivity index (χ2n) is 22.9. The van der Waals surface area contributed by atoms with Crippen molar-refractivity contribution in [2.45, 2.75) is 186 Å². The van der Waals surface area contributed by atoms with Crippen LogP contribution >= 0.6 is 77.2 Å². The van der Waals surface area contributed by atoms with Crippen LogP contribution in [0.2, 0.25) is 0 Å². The van der Waals surface area contributed by atoms with Gasteiger partial charge in [-0.3, -0.25) is 14.4 Å². The van der Waals surface area contributed by atoms with Crippen LogP contribution in [-0.4, -0.2) is 94.6 Å². The molecule has 669 valence electrons. The number of ketones is 1. The number of nitrogens with one attached hydrogen (secondary N) is 1. The summed E-state index contributed by atoms with van der Waals surface area (Å²) in [6.45, 7) is 41.9. The number of aliphatic hydroxyl groups excluding tert-OH is 1. The third-order valence-corrected chi connectivity index (χ3v) is 16.0. The van der Waals surface area contributed by atoms with Gasteiger partial charge in [-0.15, -0.1) is 0 Å². The maximum Gasteiger partial charge on any atom is 0.0949 e. The number of aryl methyl sites for hydroxylation is 2. The van der Waals surface area contributed by atoms with E-state index in [-0.39, 0.29) is 34.0 Å². The van der Waals surface area contributed by atoms with Gasteiger partial charge in [-0.1, -0.05) is 335 Å². The van der Waals surface area contributed by atoms with Crippen LogP contribution in [0.5, 0.6) is 0 Å². The van der Waals surface area contributed by atoms with Crippen molar-refractivity contribution in [1.29, 1.82) is 0 Å². The van der Waals surface area contributed by atoms with Crippen LogP contribution in [0.15, 0.2) is 285 Å². The van der Waals surface area contributed by atoms with E-state index in [0.717, 1.165) is 72.9 Å².